The molecule has 0 saturated heterocycles. The number of rotatable bonds is 13. The van der Waals surface area contributed by atoms with Crippen molar-refractivity contribution in [1.29, 1.82) is 0 Å². The van der Waals surface area contributed by atoms with E-state index in [1.807, 2.05) is 0 Å². The number of halogens is 10. The van der Waals surface area contributed by atoms with Crippen molar-refractivity contribution in [3.63, 3.8) is 0 Å². The second kappa shape index (κ2) is 15.5. The van der Waals surface area contributed by atoms with E-state index in [0.29, 0.717) is 21.5 Å². The Morgan fingerprint density at radius 2 is 1.80 bits per heavy atom. The summed E-state index contributed by atoms with van der Waals surface area (Å²) in [6.45, 7) is -2.18. The normalized spacial score (nSPS) is 17.7. The van der Waals surface area contributed by atoms with Crippen LogP contribution in [0.4, 0.5) is 40.8 Å². The summed E-state index contributed by atoms with van der Waals surface area (Å²) in [5.41, 5.74) is 1.60. The molecule has 12 nitrogen and oxygen atoms in total. The van der Waals surface area contributed by atoms with Gasteiger partial charge in [-0.3, -0.25) is 18.8 Å². The molecule has 2 aliphatic rings. The minimum absolute atomic E-state index is 0.0277. The van der Waals surface area contributed by atoms with Crippen LogP contribution in [0.2, 0.25) is 5.02 Å². The van der Waals surface area contributed by atoms with E-state index in [9.17, 15) is 44.3 Å². The lowest BCUT2D eigenvalue weighted by Gasteiger charge is -2.26. The number of alkyl halides is 6. The number of carbonyl (C=O) groups is 1. The lowest BCUT2D eigenvalue weighted by atomic mass is 10.0. The fourth-order valence-corrected chi connectivity index (χ4v) is 8.40. The number of benzene rings is 3. The number of amidine groups is 1. The summed E-state index contributed by atoms with van der Waals surface area (Å²) in [6, 6.07) is 7.18. The first-order chi connectivity index (χ1) is 27.6. The molecule has 0 bridgehead atoms. The summed E-state index contributed by atoms with van der Waals surface area (Å²) in [6.07, 6.45) is -6.23. The Morgan fingerprint density at radius 1 is 1.10 bits per heavy atom. The molecule has 2 unspecified atom stereocenters. The molecule has 0 spiro atoms. The average molecular weight is 936 g/mol. The molecule has 7 rings (SSSR count). The van der Waals surface area contributed by atoms with E-state index in [4.69, 9.17) is 17.3 Å². The van der Waals surface area contributed by atoms with Crippen molar-refractivity contribution < 1.29 is 48.3 Å². The van der Waals surface area contributed by atoms with Gasteiger partial charge >= 0.3 is 0 Å². The van der Waals surface area contributed by atoms with Crippen LogP contribution in [0.15, 0.2) is 62.2 Å². The zero-order valence-electron chi connectivity index (χ0n) is 30.0. The number of carbonyl (C=O) groups excluding carboxylic acids is 1. The smallest absolute Gasteiger partial charge is 0.293 e. The van der Waals surface area contributed by atoms with Crippen LogP contribution in [-0.2, 0) is 33.7 Å². The molecular formula is C36H28BrClF8N8O4S. The van der Waals surface area contributed by atoms with Crippen LogP contribution in [0.25, 0.3) is 16.6 Å². The minimum Gasteiger partial charge on any atom is -0.382 e. The molecule has 312 valence electrons. The Labute approximate surface area is 341 Å². The Bertz CT molecular complexity index is 2730. The first-order valence-electron chi connectivity index (χ1n) is 17.3. The number of nitrogens with one attached hydrogen (secondary N) is 2. The number of fused-ring (bicyclic) bond motifs is 4. The summed E-state index contributed by atoms with van der Waals surface area (Å²) in [5, 5.41) is 8.18. The first-order valence-corrected chi connectivity index (χ1v) is 20.3. The number of aromatic nitrogens is 4. The maximum Gasteiger partial charge on any atom is 0.293 e. The van der Waals surface area contributed by atoms with Gasteiger partial charge in [-0.15, -0.1) is 4.40 Å². The lowest BCUT2D eigenvalue weighted by Crippen LogP contribution is -2.38. The van der Waals surface area contributed by atoms with Gasteiger partial charge in [0.05, 0.1) is 51.7 Å². The third-order valence-corrected chi connectivity index (χ3v) is 11.0. The third kappa shape index (κ3) is 8.25. The standard InChI is InChI=1S/C36H28BrClF8N8O4S/c1-59(57,58)52-33(47)28-21(38)4-5-24(29(28)48-12-25(41)42)54-34(50-22-9-15(37)2-3-18(22)35(54)56)23(8-14-6-16(39)10-17(40)7-14)49-26(55)13-53-31-27(30(51-53)32(43)44)19-11-20(19)36(31,45)46/h2-7,9-10,19-20,23,25,32,48H,8,11-13H2,1H3,(H2,47,52)(H,49,55)/t19?,20?,23-/m0/s1. The number of amides is 1. The summed E-state index contributed by atoms with van der Waals surface area (Å²) in [7, 11) is -4.23. The fraction of sp³-hybridized carbons (Fsp3) is 0.306. The Balaban J connectivity index is 1.45. The molecule has 5 aromatic rings. The van der Waals surface area contributed by atoms with Crippen molar-refractivity contribution in [2.75, 3.05) is 18.1 Å². The third-order valence-electron chi connectivity index (χ3n) is 9.65. The highest BCUT2D eigenvalue weighted by Gasteiger charge is 2.67. The van der Waals surface area contributed by atoms with Crippen molar-refractivity contribution in [3.8, 4) is 5.69 Å². The molecule has 4 N–H and O–H groups in total. The summed E-state index contributed by atoms with van der Waals surface area (Å²) in [5.74, 6) is -10.2. The van der Waals surface area contributed by atoms with Gasteiger partial charge in [-0.25, -0.2) is 39.7 Å². The number of nitrogens with two attached hydrogens (primary N) is 1. The Hall–Kier alpha value is -5.09. The van der Waals surface area contributed by atoms with Crippen molar-refractivity contribution in [3.05, 3.63) is 114 Å². The van der Waals surface area contributed by atoms with E-state index in [1.165, 1.54) is 18.2 Å². The zero-order valence-corrected chi connectivity index (χ0v) is 33.1. The van der Waals surface area contributed by atoms with E-state index < -0.39 is 124 Å². The largest absolute Gasteiger partial charge is 0.382 e. The second-order valence-electron chi connectivity index (χ2n) is 13.8. The maximum absolute atomic E-state index is 15.4. The SMILES string of the molecule is CS(=O)(=O)N=C(N)c1c(Cl)ccc(-n2c([C@H](Cc3cc(F)cc(F)c3)NC(=O)Cn3nc(C(F)F)c4c3C(F)(F)C3CC43)nc3cc(Br)ccc3c2=O)c1NCC(F)F. The topological polar surface area (TPSA) is 166 Å². The van der Waals surface area contributed by atoms with Gasteiger partial charge in [-0.05, 0) is 60.4 Å². The predicted octanol–water partition coefficient (Wildman–Crippen LogP) is 6.86. The van der Waals surface area contributed by atoms with Gasteiger partial charge in [0.1, 0.15) is 41.2 Å². The van der Waals surface area contributed by atoms with Crippen LogP contribution in [-0.4, -0.2) is 58.7 Å². The highest BCUT2D eigenvalue weighted by atomic mass is 79.9. The summed E-state index contributed by atoms with van der Waals surface area (Å²) in [4.78, 5) is 33.2. The summed E-state index contributed by atoms with van der Waals surface area (Å²) >= 11 is 9.72. The second-order valence-corrected chi connectivity index (χ2v) is 16.8. The van der Waals surface area contributed by atoms with E-state index in [0.717, 1.165) is 28.8 Å². The molecule has 2 heterocycles. The molecule has 1 amide bonds. The molecule has 2 aromatic heterocycles. The summed E-state index contributed by atoms with van der Waals surface area (Å²) < 4.78 is 145. The van der Waals surface area contributed by atoms with Gasteiger partial charge in [0.2, 0.25) is 5.91 Å². The van der Waals surface area contributed by atoms with Gasteiger partial charge in [0, 0.05) is 28.4 Å². The van der Waals surface area contributed by atoms with E-state index in [2.05, 4.69) is 41.0 Å². The van der Waals surface area contributed by atoms with E-state index >= 15 is 8.78 Å². The highest BCUT2D eigenvalue weighted by Crippen LogP contribution is 2.68. The van der Waals surface area contributed by atoms with Crippen LogP contribution >= 0.6 is 27.5 Å². The van der Waals surface area contributed by atoms with Gasteiger partial charge in [0.15, 0.2) is 0 Å². The fourth-order valence-electron chi connectivity index (χ4n) is 7.35. The van der Waals surface area contributed by atoms with E-state index in [-0.39, 0.29) is 39.2 Å². The number of hydrogen-bond donors (Lipinski definition) is 3. The van der Waals surface area contributed by atoms with Crippen LogP contribution in [0.5, 0.6) is 0 Å². The molecule has 3 aromatic carbocycles. The van der Waals surface area contributed by atoms with Crippen LogP contribution in [0.3, 0.4) is 0 Å². The molecular weight excluding hydrogens is 908 g/mol. The van der Waals surface area contributed by atoms with Crippen molar-refractivity contribution in [1.82, 2.24) is 24.6 Å². The molecule has 0 aliphatic heterocycles. The lowest BCUT2D eigenvalue weighted by molar-refractivity contribution is -0.123. The van der Waals surface area contributed by atoms with Crippen molar-refractivity contribution in [2.45, 2.75) is 50.1 Å². The van der Waals surface area contributed by atoms with Gasteiger partial charge < -0.3 is 16.4 Å². The van der Waals surface area contributed by atoms with Crippen molar-refractivity contribution in [2.24, 2.45) is 16.0 Å². The number of hydrogen-bond acceptors (Lipinski definition) is 7. The molecule has 1 saturated carbocycles. The Morgan fingerprint density at radius 3 is 2.44 bits per heavy atom. The molecule has 59 heavy (non-hydrogen) atoms. The molecule has 0 radical (unpaired) electrons. The monoisotopic (exact) mass is 934 g/mol. The zero-order chi connectivity index (χ0) is 42.9. The molecule has 1 fully saturated rings. The van der Waals surface area contributed by atoms with Crippen LogP contribution < -0.4 is 21.9 Å². The van der Waals surface area contributed by atoms with Crippen LogP contribution in [0, 0.1) is 17.6 Å². The number of sulfonamides is 1. The maximum atomic E-state index is 15.4. The number of anilines is 1. The van der Waals surface area contributed by atoms with Gasteiger partial charge in [0.25, 0.3) is 34.4 Å². The van der Waals surface area contributed by atoms with Crippen LogP contribution in [0.1, 0.15) is 58.7 Å². The van der Waals surface area contributed by atoms with Crippen molar-refractivity contribution >= 4 is 65.9 Å². The Kier molecular flexibility index (Phi) is 11.0. The first kappa shape index (κ1) is 42.0. The van der Waals surface area contributed by atoms with E-state index in [1.54, 1.807) is 0 Å². The number of nitrogens with zero attached hydrogens (tertiary/aromatic N) is 5. The molecule has 2 aliphatic carbocycles. The molecule has 3 atom stereocenters. The highest BCUT2D eigenvalue weighted by molar-refractivity contribution is 9.10. The van der Waals surface area contributed by atoms with Gasteiger partial charge in [-0.1, -0.05) is 27.5 Å². The quantitative estimate of drug-likeness (QED) is 0.0654. The predicted molar refractivity (Wildman–Crippen MR) is 203 cm³/mol. The average Bonchev–Trinajstić information content (AvgIpc) is 3.77. The minimum atomic E-state index is -4.23. The molecule has 23 heteroatoms. The van der Waals surface area contributed by atoms with Gasteiger partial charge in [-0.2, -0.15) is 13.9 Å².